The van der Waals surface area contributed by atoms with Gasteiger partial charge in [-0.2, -0.15) is 0 Å². The van der Waals surface area contributed by atoms with Crippen molar-refractivity contribution in [2.75, 3.05) is 25.5 Å². The molecule has 0 radical (unpaired) electrons. The number of likely N-dealkylation sites (tertiary alicyclic amines) is 1. The number of ether oxygens (including phenoxy) is 1. The van der Waals surface area contributed by atoms with E-state index in [0.29, 0.717) is 5.92 Å². The van der Waals surface area contributed by atoms with E-state index in [1.807, 2.05) is 29.2 Å². The number of hydrogen-bond donors (Lipinski definition) is 1. The van der Waals surface area contributed by atoms with Gasteiger partial charge in [-0.05, 0) is 55.0 Å². The zero-order chi connectivity index (χ0) is 16.8. The number of nitrogens with one attached hydrogen (secondary N) is 1. The van der Waals surface area contributed by atoms with E-state index in [0.717, 1.165) is 43.8 Å². The topological polar surface area (TPSA) is 41.6 Å². The van der Waals surface area contributed by atoms with Crippen molar-refractivity contribution in [2.45, 2.75) is 19.3 Å². The molecular formula is C20H26N2O2. The first kappa shape index (κ1) is 16.4. The van der Waals surface area contributed by atoms with Gasteiger partial charge in [0.25, 0.3) is 0 Å². The van der Waals surface area contributed by atoms with Crippen molar-refractivity contribution < 1.29 is 11.0 Å². The zero-order valence-electron chi connectivity index (χ0n) is 14.1. The molecule has 2 aromatic rings. The minimum atomic E-state index is -0.0154. The highest BCUT2D eigenvalue weighted by molar-refractivity contribution is 5.89. The first-order chi connectivity index (χ1) is 11.7. The molecule has 0 bridgehead atoms. The van der Waals surface area contributed by atoms with Gasteiger partial charge >= 0.3 is 6.03 Å². The van der Waals surface area contributed by atoms with Gasteiger partial charge < -0.3 is 15.0 Å². The number of urea groups is 1. The monoisotopic (exact) mass is 326 g/mol. The third-order valence-corrected chi connectivity index (χ3v) is 4.61. The lowest BCUT2D eigenvalue weighted by molar-refractivity contribution is 0.182. The average molecular weight is 326 g/mol. The Bertz CT molecular complexity index is 653. The van der Waals surface area contributed by atoms with Crippen LogP contribution < -0.4 is 10.1 Å². The first-order valence-electron chi connectivity index (χ1n) is 8.48. The number of nitrogens with zero attached hydrogens (tertiary/aromatic N) is 1. The Hall–Kier alpha value is -2.49. The fraction of sp³-hybridized carbons (Fsp3) is 0.350. The number of amides is 2. The highest BCUT2D eigenvalue weighted by atomic mass is 16.5. The molecule has 3 rings (SSSR count). The molecule has 0 atom stereocenters. The Morgan fingerprint density at radius 3 is 2.42 bits per heavy atom. The molecule has 2 amide bonds. The summed E-state index contributed by atoms with van der Waals surface area (Å²) in [6, 6.07) is 18.0. The molecule has 1 aliphatic rings. The Kier molecular flexibility index (Phi) is 5.36. The number of piperidine rings is 1. The molecule has 1 saturated heterocycles. The minimum Gasteiger partial charge on any atom is -0.497 e. The van der Waals surface area contributed by atoms with Crippen molar-refractivity contribution in [1.82, 2.24) is 4.90 Å². The summed E-state index contributed by atoms with van der Waals surface area (Å²) in [6.45, 7) is 1.64. The van der Waals surface area contributed by atoms with E-state index < -0.39 is 0 Å². The van der Waals surface area contributed by atoms with Crippen LogP contribution in [0, 0.1) is 5.92 Å². The quantitative estimate of drug-likeness (QED) is 0.903. The summed E-state index contributed by atoms with van der Waals surface area (Å²) in [4.78, 5) is 14.3. The van der Waals surface area contributed by atoms with Crippen LogP contribution in [0.15, 0.2) is 54.6 Å². The molecule has 4 nitrogen and oxygen atoms in total. The number of carbonyl (C=O) groups excluding carboxylic acids is 1. The van der Waals surface area contributed by atoms with E-state index in [1.165, 1.54) is 5.56 Å². The number of benzene rings is 2. The fourth-order valence-corrected chi connectivity index (χ4v) is 3.16. The average Bonchev–Trinajstić information content (AvgIpc) is 2.64. The summed E-state index contributed by atoms with van der Waals surface area (Å²) >= 11 is 0. The largest absolute Gasteiger partial charge is 0.497 e. The van der Waals surface area contributed by atoms with E-state index >= 15 is 0 Å². The maximum atomic E-state index is 12.4. The van der Waals surface area contributed by atoms with Crippen molar-refractivity contribution in [3.05, 3.63) is 60.2 Å². The second kappa shape index (κ2) is 7.86. The summed E-state index contributed by atoms with van der Waals surface area (Å²) in [6.07, 6.45) is 3.23. The molecule has 0 spiro atoms. The van der Waals surface area contributed by atoms with E-state index in [-0.39, 0.29) is 7.46 Å². The molecule has 1 N–H and O–H groups in total. The third kappa shape index (κ3) is 4.28. The van der Waals surface area contributed by atoms with Crippen molar-refractivity contribution in [3.8, 4) is 5.75 Å². The molecule has 128 valence electrons. The normalized spacial score (nSPS) is 15.1. The molecule has 4 heteroatoms. The second-order valence-corrected chi connectivity index (χ2v) is 6.28. The van der Waals surface area contributed by atoms with E-state index in [1.54, 1.807) is 7.11 Å². The lowest BCUT2D eigenvalue weighted by Crippen LogP contribution is -2.41. The summed E-state index contributed by atoms with van der Waals surface area (Å²) in [5.41, 5.74) is 2.19. The summed E-state index contributed by atoms with van der Waals surface area (Å²) in [5, 5.41) is 2.96. The molecule has 1 aliphatic heterocycles. The Morgan fingerprint density at radius 2 is 1.79 bits per heavy atom. The van der Waals surface area contributed by atoms with E-state index in [9.17, 15) is 4.79 Å². The number of methoxy groups -OCH3 is 1. The van der Waals surface area contributed by atoms with Gasteiger partial charge in [0, 0.05) is 20.2 Å². The Morgan fingerprint density at radius 1 is 1.12 bits per heavy atom. The molecule has 2 aromatic carbocycles. The van der Waals surface area contributed by atoms with Gasteiger partial charge in [-0.15, -0.1) is 0 Å². The van der Waals surface area contributed by atoms with Crippen LogP contribution in [0.3, 0.4) is 0 Å². The van der Waals surface area contributed by atoms with Crippen LogP contribution in [0.2, 0.25) is 0 Å². The summed E-state index contributed by atoms with van der Waals surface area (Å²) in [7, 11) is 1.63. The molecule has 0 aromatic heterocycles. The fourth-order valence-electron chi connectivity index (χ4n) is 3.16. The van der Waals surface area contributed by atoms with E-state index in [4.69, 9.17) is 4.74 Å². The highest BCUT2D eigenvalue weighted by Crippen LogP contribution is 2.22. The number of hydrogen-bond acceptors (Lipinski definition) is 2. The second-order valence-electron chi connectivity index (χ2n) is 6.28. The van der Waals surface area contributed by atoms with Crippen LogP contribution in [0.5, 0.6) is 5.75 Å². The predicted octanol–water partition coefficient (Wildman–Crippen LogP) is 4.43. The van der Waals surface area contributed by atoms with Crippen LogP contribution in [0.25, 0.3) is 0 Å². The minimum absolute atomic E-state index is 0. The number of rotatable bonds is 4. The molecular weight excluding hydrogens is 300 g/mol. The van der Waals surface area contributed by atoms with Gasteiger partial charge in [0.1, 0.15) is 5.75 Å². The van der Waals surface area contributed by atoms with Crippen LogP contribution in [-0.4, -0.2) is 31.1 Å². The van der Waals surface area contributed by atoms with Crippen molar-refractivity contribution in [3.63, 3.8) is 0 Å². The smallest absolute Gasteiger partial charge is 0.321 e. The van der Waals surface area contributed by atoms with Gasteiger partial charge in [0.2, 0.25) is 0 Å². The van der Waals surface area contributed by atoms with Gasteiger partial charge in [-0.3, -0.25) is 0 Å². The van der Waals surface area contributed by atoms with Gasteiger partial charge in [0.05, 0.1) is 7.11 Å². The molecule has 1 fully saturated rings. The summed E-state index contributed by atoms with van der Waals surface area (Å²) in [5.74, 6) is 1.45. The Balaban J connectivity index is 0.00000225. The van der Waals surface area contributed by atoms with Crippen LogP contribution in [-0.2, 0) is 6.42 Å². The first-order valence-corrected chi connectivity index (χ1v) is 8.48. The molecule has 1 heterocycles. The maximum Gasteiger partial charge on any atom is 0.321 e. The van der Waals surface area contributed by atoms with Crippen LogP contribution in [0.4, 0.5) is 10.5 Å². The lowest BCUT2D eigenvalue weighted by atomic mass is 9.90. The molecule has 0 saturated carbocycles. The molecule has 0 unspecified atom stereocenters. The third-order valence-electron chi connectivity index (χ3n) is 4.61. The van der Waals surface area contributed by atoms with Gasteiger partial charge in [-0.25, -0.2) is 4.79 Å². The lowest BCUT2D eigenvalue weighted by Gasteiger charge is -2.32. The Labute approximate surface area is 144 Å². The molecule has 24 heavy (non-hydrogen) atoms. The van der Waals surface area contributed by atoms with Crippen LogP contribution >= 0.6 is 0 Å². The van der Waals surface area contributed by atoms with Gasteiger partial charge in [-0.1, -0.05) is 30.3 Å². The number of carbonyl (C=O) groups is 1. The standard InChI is InChI=1S/C20H24N2O2.H2/c1-24-19-9-7-18(8-10-19)21-20(23)22-13-11-17(12-14-22)15-16-5-3-2-4-6-16;/h2-10,17H,11-15H2,1H3,(H,21,23);1H. The summed E-state index contributed by atoms with van der Waals surface area (Å²) < 4.78 is 5.13. The van der Waals surface area contributed by atoms with Gasteiger partial charge in [0.15, 0.2) is 0 Å². The number of anilines is 1. The zero-order valence-corrected chi connectivity index (χ0v) is 14.1. The SMILES string of the molecule is COc1ccc(NC(=O)N2CCC(Cc3ccccc3)CC2)cc1.[HH]. The van der Waals surface area contributed by atoms with Crippen molar-refractivity contribution in [1.29, 1.82) is 0 Å². The maximum absolute atomic E-state index is 12.4. The van der Waals surface area contributed by atoms with E-state index in [2.05, 4.69) is 35.6 Å². The van der Waals surface area contributed by atoms with Crippen molar-refractivity contribution >= 4 is 11.7 Å². The molecule has 0 aliphatic carbocycles. The highest BCUT2D eigenvalue weighted by Gasteiger charge is 2.22. The van der Waals surface area contributed by atoms with Crippen LogP contribution in [0.1, 0.15) is 19.8 Å². The predicted molar refractivity (Wildman–Crippen MR) is 98.6 cm³/mol. The van der Waals surface area contributed by atoms with Crippen molar-refractivity contribution in [2.24, 2.45) is 5.92 Å².